The van der Waals surface area contributed by atoms with E-state index in [0.29, 0.717) is 6.54 Å². The number of rotatable bonds is 8. The lowest BCUT2D eigenvalue weighted by Gasteiger charge is -2.26. The van der Waals surface area contributed by atoms with E-state index in [0.717, 1.165) is 53.7 Å². The summed E-state index contributed by atoms with van der Waals surface area (Å²) in [6.07, 6.45) is -2.10. The maximum Gasteiger partial charge on any atom is 0.418 e. The smallest absolute Gasteiger partial charge is 0.374 e. The molecule has 0 unspecified atom stereocenters. The number of thiazole rings is 1. The van der Waals surface area contributed by atoms with E-state index in [9.17, 15) is 26.7 Å². The molecule has 182 valence electrons. The van der Waals surface area contributed by atoms with Crippen LogP contribution in [0.3, 0.4) is 0 Å². The quantitative estimate of drug-likeness (QED) is 0.270. The van der Waals surface area contributed by atoms with Gasteiger partial charge in [0.1, 0.15) is 0 Å². The summed E-state index contributed by atoms with van der Waals surface area (Å²) in [5.41, 5.74) is 4.90. The van der Waals surface area contributed by atoms with Crippen LogP contribution in [0.15, 0.2) is 41.8 Å². The van der Waals surface area contributed by atoms with E-state index in [1.165, 1.54) is 28.5 Å². The molecule has 2 amide bonds. The van der Waals surface area contributed by atoms with Gasteiger partial charge >= 0.3 is 12.2 Å². The van der Waals surface area contributed by atoms with Gasteiger partial charge in [-0.15, -0.1) is 11.3 Å². The number of carbonyl (C=O) groups is 1. The molecule has 1 heterocycles. The van der Waals surface area contributed by atoms with Gasteiger partial charge in [-0.3, -0.25) is 0 Å². The molecule has 0 fully saturated rings. The van der Waals surface area contributed by atoms with Crippen molar-refractivity contribution in [2.45, 2.75) is 32.4 Å². The highest BCUT2D eigenvalue weighted by atomic mass is 32.1. The maximum atomic E-state index is 13.9. The van der Waals surface area contributed by atoms with Gasteiger partial charge in [0, 0.05) is 30.2 Å². The standard InChI is InChI=1S/C23H23F5N4OS/c1-3-4-5-10-31(2)20-9-7-15(12-16(20)23(26,27)28)32(21(29)33)22-30-19(13-34-22)14-6-8-17(24)18(25)11-14/h6-9,11-13H,3-5,10H2,1-2H3,(H2,29,33). The highest BCUT2D eigenvalue weighted by Crippen LogP contribution is 2.41. The minimum Gasteiger partial charge on any atom is -0.374 e. The third kappa shape index (κ3) is 5.64. The van der Waals surface area contributed by atoms with Gasteiger partial charge in [0.25, 0.3) is 0 Å². The molecule has 11 heteroatoms. The number of anilines is 3. The van der Waals surface area contributed by atoms with Crippen LogP contribution in [0.1, 0.15) is 31.7 Å². The lowest BCUT2D eigenvalue weighted by atomic mass is 10.1. The Balaban J connectivity index is 1.99. The number of urea groups is 1. The number of nitrogens with two attached hydrogens (primary N) is 1. The Labute approximate surface area is 197 Å². The zero-order chi connectivity index (χ0) is 25.0. The van der Waals surface area contributed by atoms with Crippen molar-refractivity contribution in [3.05, 3.63) is 59.0 Å². The van der Waals surface area contributed by atoms with Gasteiger partial charge in [-0.25, -0.2) is 23.5 Å². The normalized spacial score (nSPS) is 11.5. The molecule has 0 aliphatic carbocycles. The zero-order valence-electron chi connectivity index (χ0n) is 18.5. The van der Waals surface area contributed by atoms with Crippen molar-refractivity contribution in [2.75, 3.05) is 23.4 Å². The number of hydrogen-bond donors (Lipinski definition) is 1. The van der Waals surface area contributed by atoms with Crippen molar-refractivity contribution < 1.29 is 26.7 Å². The lowest BCUT2D eigenvalue weighted by Crippen LogP contribution is -2.32. The summed E-state index contributed by atoms with van der Waals surface area (Å²) in [6.45, 7) is 2.45. The van der Waals surface area contributed by atoms with Crippen LogP contribution >= 0.6 is 11.3 Å². The van der Waals surface area contributed by atoms with E-state index in [2.05, 4.69) is 4.98 Å². The van der Waals surface area contributed by atoms with Gasteiger partial charge < -0.3 is 10.6 Å². The number of hydrogen-bond acceptors (Lipinski definition) is 4. The van der Waals surface area contributed by atoms with Crippen molar-refractivity contribution in [2.24, 2.45) is 5.73 Å². The molecule has 2 aromatic carbocycles. The SMILES string of the molecule is CCCCCN(C)c1ccc(N(C(N)=O)c2nc(-c3ccc(F)c(F)c3)cs2)cc1C(F)(F)F. The molecule has 3 aromatic rings. The first kappa shape index (κ1) is 25.4. The molecule has 0 aliphatic rings. The molecule has 0 bridgehead atoms. The molecule has 1 aromatic heterocycles. The first-order valence-corrected chi connectivity index (χ1v) is 11.3. The Hall–Kier alpha value is -3.21. The van der Waals surface area contributed by atoms with Crippen molar-refractivity contribution in [3.63, 3.8) is 0 Å². The number of halogens is 5. The first-order valence-electron chi connectivity index (χ1n) is 10.5. The molecule has 0 saturated carbocycles. The molecule has 3 rings (SSSR count). The number of aromatic nitrogens is 1. The van der Waals surface area contributed by atoms with Crippen molar-refractivity contribution in [1.29, 1.82) is 0 Å². The van der Waals surface area contributed by atoms with Gasteiger partial charge in [0.2, 0.25) is 0 Å². The van der Waals surface area contributed by atoms with Gasteiger partial charge in [0.15, 0.2) is 16.8 Å². The minimum absolute atomic E-state index is 0.00981. The van der Waals surface area contributed by atoms with E-state index in [-0.39, 0.29) is 27.8 Å². The Bertz CT molecular complexity index is 1160. The summed E-state index contributed by atoms with van der Waals surface area (Å²) in [5, 5.41) is 1.46. The molecule has 0 atom stereocenters. The fourth-order valence-corrected chi connectivity index (χ4v) is 4.29. The second kappa shape index (κ2) is 10.4. The van der Waals surface area contributed by atoms with Crippen LogP contribution in [0.5, 0.6) is 0 Å². The molecule has 5 nitrogen and oxygen atoms in total. The number of alkyl halides is 3. The Morgan fingerprint density at radius 2 is 1.82 bits per heavy atom. The average Bonchev–Trinajstić information content (AvgIpc) is 3.24. The van der Waals surface area contributed by atoms with Crippen LogP contribution in [0, 0.1) is 11.6 Å². The Morgan fingerprint density at radius 1 is 1.09 bits per heavy atom. The summed E-state index contributed by atoms with van der Waals surface area (Å²) in [4.78, 5) is 18.8. The second-order valence-corrected chi connectivity index (χ2v) is 8.48. The Morgan fingerprint density at radius 3 is 2.44 bits per heavy atom. The Kier molecular flexibility index (Phi) is 7.75. The largest absolute Gasteiger partial charge is 0.418 e. The molecule has 0 spiro atoms. The van der Waals surface area contributed by atoms with E-state index < -0.39 is 29.4 Å². The van der Waals surface area contributed by atoms with Crippen molar-refractivity contribution >= 4 is 33.9 Å². The summed E-state index contributed by atoms with van der Waals surface area (Å²) in [5.74, 6) is -2.11. The fraction of sp³-hybridized carbons (Fsp3) is 0.304. The number of amides is 2. The molecular weight excluding hydrogens is 475 g/mol. The summed E-state index contributed by atoms with van der Waals surface area (Å²) < 4.78 is 68.5. The second-order valence-electron chi connectivity index (χ2n) is 7.65. The fourth-order valence-electron chi connectivity index (χ4n) is 3.43. The predicted octanol–water partition coefficient (Wildman–Crippen LogP) is 6.95. The maximum absolute atomic E-state index is 13.9. The van der Waals surface area contributed by atoms with Gasteiger partial charge in [-0.05, 0) is 42.8 Å². The molecule has 34 heavy (non-hydrogen) atoms. The van der Waals surface area contributed by atoms with Crippen LogP contribution < -0.4 is 15.5 Å². The van der Waals surface area contributed by atoms with Crippen LogP contribution in [0.25, 0.3) is 11.3 Å². The van der Waals surface area contributed by atoms with Crippen LogP contribution in [0.4, 0.5) is 43.3 Å². The minimum atomic E-state index is -4.67. The third-order valence-corrected chi connectivity index (χ3v) is 6.00. The summed E-state index contributed by atoms with van der Waals surface area (Å²) in [6, 6.07) is 5.65. The number of benzene rings is 2. The highest BCUT2D eigenvalue weighted by Gasteiger charge is 2.36. The number of unbranched alkanes of at least 4 members (excludes halogenated alkanes) is 2. The molecular formula is C23H23F5N4OS. The lowest BCUT2D eigenvalue weighted by molar-refractivity contribution is -0.137. The molecule has 2 N–H and O–H groups in total. The zero-order valence-corrected chi connectivity index (χ0v) is 19.3. The van der Waals surface area contributed by atoms with Crippen LogP contribution in [-0.4, -0.2) is 24.6 Å². The molecule has 0 saturated heterocycles. The van der Waals surface area contributed by atoms with Gasteiger partial charge in [-0.2, -0.15) is 13.2 Å². The van der Waals surface area contributed by atoms with Gasteiger partial charge in [0.05, 0.1) is 16.9 Å². The van der Waals surface area contributed by atoms with Crippen LogP contribution in [0.2, 0.25) is 0 Å². The monoisotopic (exact) mass is 498 g/mol. The van der Waals surface area contributed by atoms with E-state index in [1.807, 2.05) is 6.92 Å². The predicted molar refractivity (Wildman–Crippen MR) is 123 cm³/mol. The summed E-state index contributed by atoms with van der Waals surface area (Å²) >= 11 is 0.929. The van der Waals surface area contributed by atoms with E-state index in [4.69, 9.17) is 5.73 Å². The van der Waals surface area contributed by atoms with E-state index in [1.54, 1.807) is 7.05 Å². The average molecular weight is 499 g/mol. The highest BCUT2D eigenvalue weighted by molar-refractivity contribution is 7.14. The number of nitrogens with zero attached hydrogens (tertiary/aromatic N) is 3. The first-order chi connectivity index (χ1) is 16.0. The molecule has 0 aliphatic heterocycles. The van der Waals surface area contributed by atoms with Crippen molar-refractivity contribution in [1.82, 2.24) is 4.98 Å². The topological polar surface area (TPSA) is 62.5 Å². The van der Waals surface area contributed by atoms with Crippen LogP contribution in [-0.2, 0) is 6.18 Å². The molecule has 0 radical (unpaired) electrons. The van der Waals surface area contributed by atoms with Crippen molar-refractivity contribution in [3.8, 4) is 11.3 Å². The third-order valence-electron chi connectivity index (χ3n) is 5.17. The number of primary amides is 1. The number of carbonyl (C=O) groups excluding carboxylic acids is 1. The summed E-state index contributed by atoms with van der Waals surface area (Å²) in [7, 11) is 1.58. The van der Waals surface area contributed by atoms with E-state index >= 15 is 0 Å². The van der Waals surface area contributed by atoms with Gasteiger partial charge in [-0.1, -0.05) is 19.8 Å².